The second-order valence-electron chi connectivity index (χ2n) is 21.1. The number of carbonyl (C=O) groups is 4. The van der Waals surface area contributed by atoms with Gasteiger partial charge in [-0.15, -0.1) is 6.58 Å². The van der Waals surface area contributed by atoms with E-state index < -0.39 is 30.1 Å². The number of amides is 3. The number of piperidine rings is 4. The third kappa shape index (κ3) is 28.0. The van der Waals surface area contributed by atoms with Gasteiger partial charge in [0.25, 0.3) is 0 Å². The maximum absolute atomic E-state index is 12.9. The Labute approximate surface area is 550 Å². The molecule has 0 saturated carbocycles. The van der Waals surface area contributed by atoms with Gasteiger partial charge in [-0.3, -0.25) is 28.9 Å². The number of ether oxygens (including phenoxy) is 2. The van der Waals surface area contributed by atoms with Crippen molar-refractivity contribution in [2.45, 2.75) is 139 Å². The zero-order valence-electron chi connectivity index (χ0n) is 52.1. The van der Waals surface area contributed by atoms with Crippen LogP contribution in [0.25, 0.3) is 0 Å². The van der Waals surface area contributed by atoms with Gasteiger partial charge in [0.2, 0.25) is 0 Å². The molecule has 0 spiro atoms. The predicted octanol–water partition coefficient (Wildman–Crippen LogP) is 3.85. The second-order valence-corrected chi connectivity index (χ2v) is 21.1. The fourth-order valence-corrected chi connectivity index (χ4v) is 9.99. The van der Waals surface area contributed by atoms with E-state index in [0.717, 1.165) is 80.3 Å². The molecule has 5 heterocycles. The quantitative estimate of drug-likeness (QED) is 0.0252. The zero-order valence-corrected chi connectivity index (χ0v) is 53.1. The molecule has 3 radical (unpaired) electrons. The van der Waals surface area contributed by atoms with E-state index in [9.17, 15) is 32.3 Å². The van der Waals surface area contributed by atoms with Crippen LogP contribution in [0.5, 0.6) is 0 Å². The molecule has 5 aliphatic heterocycles. The summed E-state index contributed by atoms with van der Waals surface area (Å²) in [7, 11) is 0. The average molecular weight is 1260 g/mol. The van der Waals surface area contributed by atoms with Crippen molar-refractivity contribution in [3.63, 3.8) is 0 Å². The van der Waals surface area contributed by atoms with Gasteiger partial charge in [-0.05, 0) is 80.0 Å². The first kappa shape index (κ1) is 77.9. The molecule has 2 bridgehead atoms. The minimum Gasteiger partial charge on any atom is -1.00 e. The molecule has 3 amide bonds. The molecular formula is C64H84BF3N8NaO13. The van der Waals surface area contributed by atoms with Crippen molar-refractivity contribution < 1.29 is 107 Å². The fourth-order valence-electron chi connectivity index (χ4n) is 9.99. The van der Waals surface area contributed by atoms with Crippen molar-refractivity contribution in [3.8, 4) is 0 Å². The number of aliphatic hydroxyl groups excluding tert-OH is 1. The van der Waals surface area contributed by atoms with Crippen molar-refractivity contribution in [1.29, 1.82) is 0 Å². The molecule has 5 fully saturated rings. The minimum absolute atomic E-state index is 0. The number of nitrogens with one attached hydrogen (secondary N) is 5. The molecule has 90 heavy (non-hydrogen) atoms. The Morgan fingerprint density at radius 3 is 1.51 bits per heavy atom. The van der Waals surface area contributed by atoms with E-state index in [-0.39, 0.29) is 121 Å². The predicted molar refractivity (Wildman–Crippen MR) is 325 cm³/mol. The van der Waals surface area contributed by atoms with Crippen LogP contribution in [0.3, 0.4) is 0 Å². The summed E-state index contributed by atoms with van der Waals surface area (Å²) in [5.74, 6) is -3.16. The van der Waals surface area contributed by atoms with Crippen LogP contribution < -0.4 is 56.6 Å². The van der Waals surface area contributed by atoms with E-state index in [1.54, 1.807) is 11.1 Å². The van der Waals surface area contributed by atoms with Gasteiger partial charge in [0.1, 0.15) is 31.9 Å². The minimum atomic E-state index is -5.08. The summed E-state index contributed by atoms with van der Waals surface area (Å²) in [5, 5.41) is 17.0. The number of hydrogen-bond acceptors (Lipinski definition) is 18. The number of urea groups is 1. The number of aliphatic hydroxyl groups is 1. The van der Waals surface area contributed by atoms with Crippen LogP contribution in [0.2, 0.25) is 0 Å². The van der Waals surface area contributed by atoms with Gasteiger partial charge in [-0.2, -0.15) is 44.3 Å². The SMILES string of the molecule is C=CCOC(=O)[C@@H]1CC[C@@H](NOCc2ccccc2)CN1.C=CCOC(=O)[C@@H]1CC[C@@H](NOCc2ccccc2)CN1C(=O)C(F)(F)F.C=CC[C@@H]1CC[C@@H]2CN1C(=O)N2OCc1ccccc1.O=C=O.OC[C@@H]1CC[C@@H](NOCc2ccccc2)CN1.[B].[H-].[Na+]. The van der Waals surface area contributed by atoms with Crippen molar-refractivity contribution >= 4 is 38.4 Å². The molecule has 4 aromatic rings. The van der Waals surface area contributed by atoms with Crippen molar-refractivity contribution in [1.82, 2.24) is 41.9 Å². The standard InChI is InChI=1S/C18H21F3N2O4.C16H22N2O3.C16H20N2O2.C13H20N2O2.CO2.B.Na.H/c1-2-10-26-16(24)15-9-8-14(11-23(15)17(25)18(19,20)21)22-27-12-13-6-4-3-5-7-13;1-2-10-20-16(19)15-9-8-14(11-17-15)18-21-12-13-6-4-3-5-7-13;1-2-6-14-9-10-15-11-17(14)16(19)18(15)20-12-13-7-4-3-5-8-13;16-9-13-7-6-12(8-14-13)15-17-10-11-4-2-1-3-5-11;2-1-3;;;/h2-7,14-15,22H,1,8-12H2;2-7,14-15,17-18H,1,8-12H2;2-5,7-8,14-15H,1,6,9-12H2;1-5,12-16H,6-10H2;;;;/q;;;;;;+1;-1/t2*14-,15+;14-,15-;12-,13+;;;;/m1111..../s1. The number of halogens is 3. The first-order chi connectivity index (χ1) is 42.7. The molecule has 5 aliphatic rings. The van der Waals surface area contributed by atoms with Gasteiger partial charge in [0.15, 0.2) is 0 Å². The Hall–Kier alpha value is -6.39. The smallest absolute Gasteiger partial charge is 1.00 e. The molecule has 6 N–H and O–H groups in total. The van der Waals surface area contributed by atoms with Crippen molar-refractivity contribution in [2.24, 2.45) is 0 Å². The summed E-state index contributed by atoms with van der Waals surface area (Å²) in [4.78, 5) is 88.6. The molecular weight excluding hydrogens is 1180 g/mol. The van der Waals surface area contributed by atoms with Gasteiger partial charge in [0, 0.05) is 64.8 Å². The summed E-state index contributed by atoms with van der Waals surface area (Å²) in [6, 6.07) is 38.5. The van der Waals surface area contributed by atoms with Crippen LogP contribution in [0.4, 0.5) is 18.0 Å². The number of nitrogens with zero attached hydrogens (tertiary/aromatic N) is 3. The number of rotatable bonds is 24. The van der Waals surface area contributed by atoms with Gasteiger partial charge >= 0.3 is 65.8 Å². The second kappa shape index (κ2) is 44.2. The number of alkyl halides is 3. The Morgan fingerprint density at radius 1 is 0.622 bits per heavy atom. The van der Waals surface area contributed by atoms with Crippen molar-refractivity contribution in [2.75, 3.05) is 46.0 Å². The van der Waals surface area contributed by atoms with Crippen LogP contribution in [0.1, 0.15) is 81.5 Å². The molecule has 5 saturated heterocycles. The number of esters is 2. The first-order valence-electron chi connectivity index (χ1n) is 29.3. The Balaban J connectivity index is 0.000000407. The third-order valence-corrected chi connectivity index (χ3v) is 14.6. The number of likely N-dealkylation sites (tertiary alicyclic amines) is 1. The van der Waals surface area contributed by atoms with E-state index in [4.69, 9.17) is 43.5 Å². The van der Waals surface area contributed by atoms with Crippen LogP contribution in [-0.2, 0) is 79.2 Å². The summed E-state index contributed by atoms with van der Waals surface area (Å²) >= 11 is 0. The Morgan fingerprint density at radius 2 is 1.08 bits per heavy atom. The normalized spacial score (nSPS) is 21.5. The number of carbonyl (C=O) groups excluding carboxylic acids is 6. The molecule has 483 valence electrons. The van der Waals surface area contributed by atoms with E-state index in [2.05, 4.69) is 46.8 Å². The van der Waals surface area contributed by atoms with Crippen LogP contribution >= 0.6 is 0 Å². The molecule has 0 aliphatic carbocycles. The molecule has 8 atom stereocenters. The molecule has 9 rings (SSSR count). The molecule has 4 aromatic carbocycles. The van der Waals surface area contributed by atoms with Gasteiger partial charge < -0.3 is 36.4 Å². The van der Waals surface area contributed by atoms with Crippen LogP contribution in [-0.4, -0.2) is 159 Å². The molecule has 0 aromatic heterocycles. The van der Waals surface area contributed by atoms with Gasteiger partial charge in [-0.1, -0.05) is 153 Å². The van der Waals surface area contributed by atoms with Gasteiger partial charge in [0.05, 0.1) is 32.5 Å². The topological polar surface area (TPSA) is 248 Å². The number of benzene rings is 4. The number of fused-ring (bicyclic) bond motifs is 2. The van der Waals surface area contributed by atoms with E-state index in [1.807, 2.05) is 132 Å². The Kier molecular flexibility index (Phi) is 38.2. The average Bonchev–Trinajstić information content (AvgIpc) is 3.16. The Bertz CT molecular complexity index is 2730. The molecule has 26 heteroatoms. The van der Waals surface area contributed by atoms with E-state index in [1.165, 1.54) is 6.08 Å². The molecule has 21 nitrogen and oxygen atoms in total. The monoisotopic (exact) mass is 1260 g/mol. The first-order valence-corrected chi connectivity index (χ1v) is 29.3. The summed E-state index contributed by atoms with van der Waals surface area (Å²) in [5.41, 5.74) is 13.0. The van der Waals surface area contributed by atoms with Crippen molar-refractivity contribution in [3.05, 3.63) is 182 Å². The van der Waals surface area contributed by atoms with E-state index >= 15 is 0 Å². The number of hydroxylamine groups is 5. The zero-order chi connectivity index (χ0) is 63.4. The summed E-state index contributed by atoms with van der Waals surface area (Å²) < 4.78 is 48.6. The van der Waals surface area contributed by atoms with E-state index in [0.29, 0.717) is 49.8 Å². The molecule has 0 unspecified atom stereocenters. The fraction of sp³-hybridized carbons (Fsp3) is 0.453. The maximum Gasteiger partial charge on any atom is 1.00 e. The summed E-state index contributed by atoms with van der Waals surface area (Å²) in [6.45, 7) is 14.8. The van der Waals surface area contributed by atoms with Gasteiger partial charge in [-0.25, -0.2) is 9.59 Å². The largest absolute Gasteiger partial charge is 1.00 e. The van der Waals surface area contributed by atoms with Crippen LogP contribution in [0.15, 0.2) is 159 Å². The summed E-state index contributed by atoms with van der Waals surface area (Å²) in [6.07, 6.45) is 6.87. The third-order valence-electron chi connectivity index (χ3n) is 14.6. The number of hydrogen-bond donors (Lipinski definition) is 6. The maximum atomic E-state index is 12.9. The van der Waals surface area contributed by atoms with Crippen LogP contribution in [0, 0.1) is 0 Å².